The zero-order valence-corrected chi connectivity index (χ0v) is 18.1. The molecule has 0 aromatic heterocycles. The van der Waals surface area contributed by atoms with E-state index in [4.69, 9.17) is 14.2 Å². The van der Waals surface area contributed by atoms with Crippen molar-refractivity contribution in [1.82, 2.24) is 0 Å². The van der Waals surface area contributed by atoms with Gasteiger partial charge in [0, 0.05) is 0 Å². The molecular weight excluding hydrogens is 360 g/mol. The first kappa shape index (κ1) is 20.6. The lowest BCUT2D eigenvalue weighted by Crippen LogP contribution is -2.19. The summed E-state index contributed by atoms with van der Waals surface area (Å²) >= 11 is 0. The van der Waals surface area contributed by atoms with Crippen LogP contribution in [-0.2, 0) is 14.2 Å². The van der Waals surface area contributed by atoms with Crippen LogP contribution in [0.25, 0.3) is 0 Å². The Kier molecular flexibility index (Phi) is 6.38. The highest BCUT2D eigenvalue weighted by Crippen LogP contribution is 2.40. The van der Waals surface area contributed by atoms with E-state index in [0.717, 1.165) is 26.1 Å². The van der Waals surface area contributed by atoms with Crippen molar-refractivity contribution in [3.63, 3.8) is 0 Å². The second-order valence-corrected chi connectivity index (χ2v) is 8.67. The summed E-state index contributed by atoms with van der Waals surface area (Å²) in [7, 11) is 0. The van der Waals surface area contributed by atoms with Crippen LogP contribution in [0.4, 0.5) is 0 Å². The van der Waals surface area contributed by atoms with Crippen LogP contribution in [0.1, 0.15) is 86.8 Å². The zero-order chi connectivity index (χ0) is 20.4. The monoisotopic (exact) mass is 394 g/mol. The lowest BCUT2D eigenvalue weighted by atomic mass is 9.95. The molecule has 0 bridgehead atoms. The van der Waals surface area contributed by atoms with Crippen LogP contribution < -0.4 is 0 Å². The van der Waals surface area contributed by atoms with E-state index in [2.05, 4.69) is 76.2 Å². The van der Waals surface area contributed by atoms with Gasteiger partial charge < -0.3 is 14.2 Å². The molecule has 2 aliphatic rings. The molecule has 0 radical (unpaired) electrons. The summed E-state index contributed by atoms with van der Waals surface area (Å²) in [5.74, 6) is 1.16. The molecule has 2 aromatic rings. The Labute approximate surface area is 175 Å². The van der Waals surface area contributed by atoms with Crippen molar-refractivity contribution in [2.24, 2.45) is 0 Å². The molecule has 2 heterocycles. The van der Waals surface area contributed by atoms with E-state index >= 15 is 0 Å². The fourth-order valence-corrected chi connectivity index (χ4v) is 3.88. The predicted octanol–water partition coefficient (Wildman–Crippen LogP) is 6.31. The Morgan fingerprint density at radius 3 is 1.28 bits per heavy atom. The first-order chi connectivity index (χ1) is 14.1. The highest BCUT2D eigenvalue weighted by molar-refractivity contribution is 5.30. The first-order valence-electron chi connectivity index (χ1n) is 11.2. The molecule has 0 amide bonds. The van der Waals surface area contributed by atoms with Gasteiger partial charge in [0.15, 0.2) is 0 Å². The fourth-order valence-electron chi connectivity index (χ4n) is 3.88. The van der Waals surface area contributed by atoms with Gasteiger partial charge >= 0.3 is 0 Å². The number of hydrogen-bond donors (Lipinski definition) is 0. The molecule has 0 spiro atoms. The number of hydrogen-bond acceptors (Lipinski definition) is 3. The number of epoxide rings is 2. The Balaban J connectivity index is 1.53. The molecule has 6 atom stereocenters. The van der Waals surface area contributed by atoms with E-state index in [1.165, 1.54) is 22.3 Å². The van der Waals surface area contributed by atoms with Gasteiger partial charge in [-0.3, -0.25) is 0 Å². The van der Waals surface area contributed by atoms with E-state index in [1.807, 2.05) is 0 Å². The average molecular weight is 395 g/mol. The van der Waals surface area contributed by atoms with Crippen LogP contribution in [0.3, 0.4) is 0 Å². The van der Waals surface area contributed by atoms with Crippen LogP contribution in [0.2, 0.25) is 0 Å². The Morgan fingerprint density at radius 2 is 1.00 bits per heavy atom. The van der Waals surface area contributed by atoms with Crippen molar-refractivity contribution in [2.75, 3.05) is 13.2 Å². The second-order valence-electron chi connectivity index (χ2n) is 8.67. The number of benzene rings is 2. The number of rotatable bonds is 10. The molecule has 2 aromatic carbocycles. The van der Waals surface area contributed by atoms with Gasteiger partial charge in [0.25, 0.3) is 0 Å². The average Bonchev–Trinajstić information content (AvgIpc) is 3.67. The maximum atomic E-state index is 6.67. The Bertz CT molecular complexity index is 707. The van der Waals surface area contributed by atoms with E-state index in [9.17, 15) is 0 Å². The SMILES string of the molecule is CCC(C)c1ccc(C(OC(c2ccc(C(C)CC)cc2)C2CO2)C2CO2)cc1. The summed E-state index contributed by atoms with van der Waals surface area (Å²) in [6.45, 7) is 10.5. The van der Waals surface area contributed by atoms with Crippen LogP contribution in [0.15, 0.2) is 48.5 Å². The minimum Gasteiger partial charge on any atom is -0.370 e. The molecule has 156 valence electrons. The molecule has 3 heteroatoms. The lowest BCUT2D eigenvalue weighted by molar-refractivity contribution is -0.0419. The lowest BCUT2D eigenvalue weighted by Gasteiger charge is -2.24. The molecule has 6 unspecified atom stereocenters. The van der Waals surface area contributed by atoms with Gasteiger partial charge in [0.1, 0.15) is 24.4 Å². The van der Waals surface area contributed by atoms with Gasteiger partial charge in [0.05, 0.1) is 13.2 Å². The first-order valence-corrected chi connectivity index (χ1v) is 11.2. The topological polar surface area (TPSA) is 34.3 Å². The largest absolute Gasteiger partial charge is 0.370 e. The van der Waals surface area contributed by atoms with Gasteiger partial charge in [-0.1, -0.05) is 76.2 Å². The van der Waals surface area contributed by atoms with Crippen LogP contribution in [0.5, 0.6) is 0 Å². The molecule has 29 heavy (non-hydrogen) atoms. The summed E-state index contributed by atoms with van der Waals surface area (Å²) in [5.41, 5.74) is 5.16. The van der Waals surface area contributed by atoms with Gasteiger partial charge in [-0.2, -0.15) is 0 Å². The van der Waals surface area contributed by atoms with E-state index < -0.39 is 0 Å². The van der Waals surface area contributed by atoms with Crippen molar-refractivity contribution < 1.29 is 14.2 Å². The van der Waals surface area contributed by atoms with E-state index in [1.54, 1.807) is 0 Å². The van der Waals surface area contributed by atoms with Crippen molar-refractivity contribution >= 4 is 0 Å². The van der Waals surface area contributed by atoms with Crippen LogP contribution in [0, 0.1) is 0 Å². The molecule has 2 aliphatic heterocycles. The molecule has 0 aliphatic carbocycles. The highest BCUT2D eigenvalue weighted by Gasteiger charge is 2.42. The quantitative estimate of drug-likeness (QED) is 0.443. The fraction of sp³-hybridized carbons (Fsp3) is 0.538. The predicted molar refractivity (Wildman–Crippen MR) is 116 cm³/mol. The molecule has 0 saturated carbocycles. The summed E-state index contributed by atoms with van der Waals surface area (Å²) in [5, 5.41) is 0. The standard InChI is InChI=1S/C26H34O3/c1-5-17(3)19-7-11-21(12-8-19)25(23-15-27-23)29-26(24-16-28-24)22-13-9-20(10-14-22)18(4)6-2/h7-14,17-18,23-26H,5-6,15-16H2,1-4H3. The van der Waals surface area contributed by atoms with Gasteiger partial charge in [-0.05, 0) is 46.9 Å². The summed E-state index contributed by atoms with van der Waals surface area (Å²) in [6.07, 6.45) is 2.49. The van der Waals surface area contributed by atoms with E-state index in [0.29, 0.717) is 11.8 Å². The molecule has 2 saturated heterocycles. The van der Waals surface area contributed by atoms with Crippen LogP contribution >= 0.6 is 0 Å². The highest BCUT2D eigenvalue weighted by atomic mass is 16.6. The molecule has 2 fully saturated rings. The minimum atomic E-state index is -0.0515. The van der Waals surface area contributed by atoms with Gasteiger partial charge in [-0.25, -0.2) is 0 Å². The van der Waals surface area contributed by atoms with Crippen molar-refractivity contribution in [3.8, 4) is 0 Å². The van der Waals surface area contributed by atoms with Crippen molar-refractivity contribution in [1.29, 1.82) is 0 Å². The third-order valence-electron chi connectivity index (χ3n) is 6.58. The molecule has 4 rings (SSSR count). The summed E-state index contributed by atoms with van der Waals surface area (Å²) in [6, 6.07) is 17.8. The summed E-state index contributed by atoms with van der Waals surface area (Å²) < 4.78 is 18.0. The van der Waals surface area contributed by atoms with Gasteiger partial charge in [-0.15, -0.1) is 0 Å². The molecule has 0 N–H and O–H groups in total. The maximum absolute atomic E-state index is 6.67. The van der Waals surface area contributed by atoms with Crippen molar-refractivity contribution in [2.45, 2.75) is 76.8 Å². The Hall–Kier alpha value is -1.68. The minimum absolute atomic E-state index is 0.0515. The maximum Gasteiger partial charge on any atom is 0.112 e. The van der Waals surface area contributed by atoms with E-state index in [-0.39, 0.29) is 24.4 Å². The third kappa shape index (κ3) is 4.91. The molecule has 3 nitrogen and oxygen atoms in total. The number of ether oxygens (including phenoxy) is 3. The normalized spacial score (nSPS) is 24.6. The second kappa shape index (κ2) is 8.99. The zero-order valence-electron chi connectivity index (χ0n) is 18.1. The van der Waals surface area contributed by atoms with Gasteiger partial charge in [0.2, 0.25) is 0 Å². The van der Waals surface area contributed by atoms with Crippen molar-refractivity contribution in [3.05, 3.63) is 70.8 Å². The van der Waals surface area contributed by atoms with Crippen LogP contribution in [-0.4, -0.2) is 25.4 Å². The smallest absolute Gasteiger partial charge is 0.112 e. The third-order valence-corrected chi connectivity index (χ3v) is 6.58. The summed E-state index contributed by atoms with van der Waals surface area (Å²) in [4.78, 5) is 0. The molecular formula is C26H34O3. The Morgan fingerprint density at radius 1 is 0.690 bits per heavy atom.